The van der Waals surface area contributed by atoms with Gasteiger partial charge in [0.15, 0.2) is 9.84 Å². The molecular weight excluding hydrogens is 458 g/mol. The zero-order valence-electron chi connectivity index (χ0n) is 18.4. The molecule has 1 atom stereocenters. The van der Waals surface area contributed by atoms with Crippen molar-refractivity contribution in [3.8, 4) is 16.9 Å². The maximum Gasteiger partial charge on any atom is 0.246 e. The molecule has 4 rings (SSSR count). The molecule has 0 aliphatic carbocycles. The minimum absolute atomic E-state index is 0.0363. The van der Waals surface area contributed by atoms with E-state index >= 15 is 0 Å². The van der Waals surface area contributed by atoms with Crippen molar-refractivity contribution in [1.82, 2.24) is 14.7 Å². The van der Waals surface area contributed by atoms with Gasteiger partial charge in [-0.15, -0.1) is 0 Å². The summed E-state index contributed by atoms with van der Waals surface area (Å²) < 4.78 is 25.7. The Morgan fingerprint density at radius 1 is 1.18 bits per heavy atom. The Balaban J connectivity index is 1.66. The van der Waals surface area contributed by atoms with E-state index in [9.17, 15) is 13.2 Å². The average molecular weight is 484 g/mol. The molecule has 0 bridgehead atoms. The van der Waals surface area contributed by atoms with Crippen molar-refractivity contribution in [3.63, 3.8) is 0 Å². The first-order valence-corrected chi connectivity index (χ1v) is 13.2. The van der Waals surface area contributed by atoms with Gasteiger partial charge in [-0.05, 0) is 43.2 Å². The first kappa shape index (κ1) is 23.3. The number of sulfone groups is 1. The molecule has 2 heterocycles. The van der Waals surface area contributed by atoms with Crippen molar-refractivity contribution < 1.29 is 13.2 Å². The topological polar surface area (TPSA) is 72.3 Å². The first-order chi connectivity index (χ1) is 15.9. The highest BCUT2D eigenvalue weighted by Crippen LogP contribution is 2.26. The highest BCUT2D eigenvalue weighted by Gasteiger charge is 2.33. The van der Waals surface area contributed by atoms with Gasteiger partial charge in [0.05, 0.1) is 22.9 Å². The zero-order chi connectivity index (χ0) is 23.4. The van der Waals surface area contributed by atoms with Crippen LogP contribution in [0.25, 0.3) is 23.0 Å². The van der Waals surface area contributed by atoms with Gasteiger partial charge in [-0.25, -0.2) is 13.1 Å². The molecule has 0 radical (unpaired) electrons. The smallest absolute Gasteiger partial charge is 0.246 e. The van der Waals surface area contributed by atoms with Gasteiger partial charge >= 0.3 is 0 Å². The summed E-state index contributed by atoms with van der Waals surface area (Å²) in [6.45, 7) is 2.51. The van der Waals surface area contributed by atoms with E-state index in [1.54, 1.807) is 27.8 Å². The molecule has 172 valence electrons. The fourth-order valence-electron chi connectivity index (χ4n) is 4.05. The van der Waals surface area contributed by atoms with Crippen LogP contribution in [-0.2, 0) is 14.6 Å². The Hall–Kier alpha value is -2.90. The monoisotopic (exact) mass is 483 g/mol. The minimum Gasteiger partial charge on any atom is -0.335 e. The van der Waals surface area contributed by atoms with Crippen LogP contribution in [0.2, 0.25) is 5.02 Å². The van der Waals surface area contributed by atoms with Gasteiger partial charge in [-0.3, -0.25) is 4.79 Å². The van der Waals surface area contributed by atoms with Crippen molar-refractivity contribution in [2.75, 3.05) is 18.1 Å². The van der Waals surface area contributed by atoms with Crippen LogP contribution in [0.15, 0.2) is 66.9 Å². The van der Waals surface area contributed by atoms with Crippen LogP contribution in [-0.4, -0.2) is 53.1 Å². The molecule has 6 nitrogen and oxygen atoms in total. The summed E-state index contributed by atoms with van der Waals surface area (Å²) in [5.41, 5.74) is 3.30. The van der Waals surface area contributed by atoms with Crippen molar-refractivity contribution in [2.24, 2.45) is 0 Å². The number of amides is 1. The van der Waals surface area contributed by atoms with E-state index < -0.39 is 9.84 Å². The van der Waals surface area contributed by atoms with E-state index in [0.717, 1.165) is 28.9 Å². The number of para-hydroxylation sites is 1. The first-order valence-electron chi connectivity index (χ1n) is 11.0. The van der Waals surface area contributed by atoms with Crippen molar-refractivity contribution in [2.45, 2.75) is 25.8 Å². The third kappa shape index (κ3) is 5.54. The summed E-state index contributed by atoms with van der Waals surface area (Å²) in [6.07, 6.45) is 6.41. The lowest BCUT2D eigenvalue weighted by atomic mass is 10.1. The number of hydrogen-bond donors (Lipinski definition) is 0. The SMILES string of the molecule is CCCN(C(=O)/C=C/c1cn(-c2ccccc2)nc1-c1ccc(Cl)cc1)C1CCS(=O)(=O)C1. The van der Waals surface area contributed by atoms with E-state index in [-0.39, 0.29) is 23.5 Å². The lowest BCUT2D eigenvalue weighted by molar-refractivity contribution is -0.127. The summed E-state index contributed by atoms with van der Waals surface area (Å²) >= 11 is 6.06. The molecule has 0 spiro atoms. The van der Waals surface area contributed by atoms with Gasteiger partial charge < -0.3 is 4.90 Å². The van der Waals surface area contributed by atoms with Crippen LogP contribution < -0.4 is 0 Å². The molecule has 1 aliphatic rings. The highest BCUT2D eigenvalue weighted by atomic mass is 35.5. The standard InChI is InChI=1S/C25H26ClN3O3S/c1-2-15-28(23-14-16-33(31,32)18-23)24(30)13-10-20-17-29(22-6-4-3-5-7-22)27-25(20)19-8-11-21(26)12-9-19/h3-13,17,23H,2,14-16,18H2,1H3/b13-10+. The normalized spacial score (nSPS) is 17.5. The largest absolute Gasteiger partial charge is 0.335 e. The number of carbonyl (C=O) groups excluding carboxylic acids is 1. The number of carbonyl (C=O) groups is 1. The highest BCUT2D eigenvalue weighted by molar-refractivity contribution is 7.91. The molecule has 1 saturated heterocycles. The summed E-state index contributed by atoms with van der Waals surface area (Å²) in [7, 11) is -3.08. The Morgan fingerprint density at radius 2 is 1.91 bits per heavy atom. The Labute approximate surface area is 199 Å². The number of rotatable bonds is 7. The zero-order valence-corrected chi connectivity index (χ0v) is 20.0. The van der Waals surface area contributed by atoms with Gasteiger partial charge in [0.25, 0.3) is 0 Å². The van der Waals surface area contributed by atoms with Gasteiger partial charge in [0, 0.05) is 41.0 Å². The Kier molecular flexibility index (Phi) is 7.00. The van der Waals surface area contributed by atoms with Crippen molar-refractivity contribution in [1.29, 1.82) is 0 Å². The summed E-state index contributed by atoms with van der Waals surface area (Å²) in [4.78, 5) is 14.8. The fourth-order valence-corrected chi connectivity index (χ4v) is 5.90. The van der Waals surface area contributed by atoms with Crippen LogP contribution in [0.4, 0.5) is 0 Å². The fraction of sp³-hybridized carbons (Fsp3) is 0.280. The van der Waals surface area contributed by atoms with Gasteiger partial charge in [-0.2, -0.15) is 5.10 Å². The van der Waals surface area contributed by atoms with Crippen molar-refractivity contribution >= 4 is 33.4 Å². The number of hydrogen-bond acceptors (Lipinski definition) is 4. The third-order valence-corrected chi connectivity index (χ3v) is 7.69. The molecule has 0 saturated carbocycles. The number of nitrogens with zero attached hydrogens (tertiary/aromatic N) is 3. The molecule has 1 unspecified atom stereocenters. The molecule has 2 aromatic carbocycles. The van der Waals surface area contributed by atoms with E-state index in [0.29, 0.717) is 18.0 Å². The molecule has 3 aromatic rings. The molecule has 1 fully saturated rings. The number of aromatic nitrogens is 2. The number of benzene rings is 2. The van der Waals surface area contributed by atoms with Crippen LogP contribution in [0.1, 0.15) is 25.3 Å². The molecule has 8 heteroatoms. The molecule has 1 aliphatic heterocycles. The van der Waals surface area contributed by atoms with Crippen LogP contribution in [0, 0.1) is 0 Å². The van der Waals surface area contributed by atoms with Crippen LogP contribution in [0.5, 0.6) is 0 Å². The molecule has 1 aromatic heterocycles. The van der Waals surface area contributed by atoms with Gasteiger partial charge in [0.2, 0.25) is 5.91 Å². The Morgan fingerprint density at radius 3 is 2.55 bits per heavy atom. The maximum atomic E-state index is 13.1. The molecule has 33 heavy (non-hydrogen) atoms. The lowest BCUT2D eigenvalue weighted by Crippen LogP contribution is -2.40. The van der Waals surface area contributed by atoms with Gasteiger partial charge in [-0.1, -0.05) is 48.9 Å². The quantitative estimate of drug-likeness (QED) is 0.459. The third-order valence-electron chi connectivity index (χ3n) is 5.68. The second kappa shape index (κ2) is 9.93. The van der Waals surface area contributed by atoms with Gasteiger partial charge in [0.1, 0.15) is 0 Å². The maximum absolute atomic E-state index is 13.1. The number of halogens is 1. The summed E-state index contributed by atoms with van der Waals surface area (Å²) in [5.74, 6) is -0.0120. The van der Waals surface area contributed by atoms with Crippen LogP contribution >= 0.6 is 11.6 Å². The van der Waals surface area contributed by atoms with E-state index in [2.05, 4.69) is 0 Å². The predicted molar refractivity (Wildman–Crippen MR) is 132 cm³/mol. The average Bonchev–Trinajstić information content (AvgIpc) is 3.40. The van der Waals surface area contributed by atoms with Crippen molar-refractivity contribution in [3.05, 3.63) is 77.5 Å². The lowest BCUT2D eigenvalue weighted by Gasteiger charge is -2.26. The van der Waals surface area contributed by atoms with E-state index in [1.807, 2.05) is 55.6 Å². The van der Waals surface area contributed by atoms with E-state index in [1.165, 1.54) is 6.08 Å². The second-order valence-corrected chi connectivity index (χ2v) is 10.8. The minimum atomic E-state index is -3.08. The summed E-state index contributed by atoms with van der Waals surface area (Å²) in [5, 5.41) is 5.39. The second-order valence-electron chi connectivity index (χ2n) is 8.14. The molecule has 1 amide bonds. The molecular formula is C25H26ClN3O3S. The predicted octanol–water partition coefficient (Wildman–Crippen LogP) is 4.63. The van der Waals surface area contributed by atoms with E-state index in [4.69, 9.17) is 16.7 Å². The van der Waals surface area contributed by atoms with Crippen LogP contribution in [0.3, 0.4) is 0 Å². The summed E-state index contributed by atoms with van der Waals surface area (Å²) in [6, 6.07) is 16.9. The Bertz CT molecular complexity index is 1250. The molecule has 0 N–H and O–H groups in total.